The van der Waals surface area contributed by atoms with E-state index in [-0.39, 0.29) is 11.5 Å². The van der Waals surface area contributed by atoms with Gasteiger partial charge in [0.2, 0.25) is 0 Å². The molecule has 1 heterocycles. The summed E-state index contributed by atoms with van der Waals surface area (Å²) in [6.45, 7) is 5.68. The SMILES string of the molecule is CC(C)N(C)CCNc1cc([N+](=O)[O-])cc(N)n1. The second-order valence-electron chi connectivity index (χ2n) is 4.39. The third-order valence-electron chi connectivity index (χ3n) is 2.69. The van der Waals surface area contributed by atoms with Crippen molar-refractivity contribution in [1.82, 2.24) is 9.88 Å². The van der Waals surface area contributed by atoms with Gasteiger partial charge in [0.1, 0.15) is 11.6 Å². The van der Waals surface area contributed by atoms with Gasteiger partial charge in [0.05, 0.1) is 17.1 Å². The fourth-order valence-corrected chi connectivity index (χ4v) is 1.35. The summed E-state index contributed by atoms with van der Waals surface area (Å²) in [5.74, 6) is 0.572. The van der Waals surface area contributed by atoms with Crippen molar-refractivity contribution in [1.29, 1.82) is 0 Å². The minimum Gasteiger partial charge on any atom is -0.383 e. The Morgan fingerprint density at radius 1 is 1.56 bits per heavy atom. The number of nitrogens with zero attached hydrogens (tertiary/aromatic N) is 3. The Bertz CT molecular complexity index is 422. The number of hydrogen-bond donors (Lipinski definition) is 2. The second kappa shape index (κ2) is 6.15. The molecule has 7 heteroatoms. The molecule has 1 aromatic rings. The first kappa shape index (κ1) is 14.2. The summed E-state index contributed by atoms with van der Waals surface area (Å²) >= 11 is 0. The summed E-state index contributed by atoms with van der Waals surface area (Å²) in [5, 5.41) is 13.7. The lowest BCUT2D eigenvalue weighted by atomic mass is 10.3. The third kappa shape index (κ3) is 4.17. The lowest BCUT2D eigenvalue weighted by molar-refractivity contribution is -0.384. The highest BCUT2D eigenvalue weighted by atomic mass is 16.6. The third-order valence-corrected chi connectivity index (χ3v) is 2.69. The van der Waals surface area contributed by atoms with Crippen LogP contribution in [-0.2, 0) is 0 Å². The van der Waals surface area contributed by atoms with Gasteiger partial charge in [-0.25, -0.2) is 4.98 Å². The molecule has 0 saturated heterocycles. The van der Waals surface area contributed by atoms with Crippen LogP contribution in [0.2, 0.25) is 0 Å². The Balaban J connectivity index is 2.60. The van der Waals surface area contributed by atoms with E-state index in [2.05, 4.69) is 29.0 Å². The molecule has 0 aliphatic carbocycles. The van der Waals surface area contributed by atoms with Crippen molar-refractivity contribution >= 4 is 17.3 Å². The Morgan fingerprint density at radius 3 is 2.78 bits per heavy atom. The summed E-state index contributed by atoms with van der Waals surface area (Å²) < 4.78 is 0. The molecule has 0 radical (unpaired) electrons. The van der Waals surface area contributed by atoms with E-state index < -0.39 is 4.92 Å². The number of hydrogen-bond acceptors (Lipinski definition) is 6. The molecular weight excluding hydrogens is 234 g/mol. The van der Waals surface area contributed by atoms with Gasteiger partial charge in [0.15, 0.2) is 0 Å². The minimum absolute atomic E-state index is 0.0535. The number of likely N-dealkylation sites (N-methyl/N-ethyl adjacent to an activating group) is 1. The van der Waals surface area contributed by atoms with Gasteiger partial charge in [-0.1, -0.05) is 0 Å². The summed E-state index contributed by atoms with van der Waals surface area (Å²) in [6.07, 6.45) is 0. The van der Waals surface area contributed by atoms with Crippen LogP contribution in [0.15, 0.2) is 12.1 Å². The Morgan fingerprint density at radius 2 is 2.22 bits per heavy atom. The Hall–Kier alpha value is -1.89. The van der Waals surface area contributed by atoms with Crippen LogP contribution in [-0.4, -0.2) is 41.0 Å². The fraction of sp³-hybridized carbons (Fsp3) is 0.545. The van der Waals surface area contributed by atoms with Crippen molar-refractivity contribution in [3.63, 3.8) is 0 Å². The first-order valence-corrected chi connectivity index (χ1v) is 5.76. The predicted molar refractivity (Wildman–Crippen MR) is 71.6 cm³/mol. The molecule has 1 rings (SSSR count). The minimum atomic E-state index is -0.483. The average molecular weight is 253 g/mol. The molecule has 0 aliphatic rings. The normalized spacial score (nSPS) is 10.9. The average Bonchev–Trinajstić information content (AvgIpc) is 2.27. The van der Waals surface area contributed by atoms with Gasteiger partial charge in [-0.2, -0.15) is 0 Å². The number of pyridine rings is 1. The molecule has 0 atom stereocenters. The lowest BCUT2D eigenvalue weighted by Crippen LogP contribution is -2.31. The molecule has 18 heavy (non-hydrogen) atoms. The molecule has 100 valence electrons. The van der Waals surface area contributed by atoms with Crippen molar-refractivity contribution < 1.29 is 4.92 Å². The maximum absolute atomic E-state index is 10.7. The highest BCUT2D eigenvalue weighted by molar-refractivity contribution is 5.52. The molecule has 0 aliphatic heterocycles. The Labute approximate surface area is 106 Å². The lowest BCUT2D eigenvalue weighted by Gasteiger charge is -2.21. The Kier molecular flexibility index (Phi) is 4.85. The van der Waals surface area contributed by atoms with Gasteiger partial charge >= 0.3 is 0 Å². The van der Waals surface area contributed by atoms with Gasteiger partial charge in [0.25, 0.3) is 5.69 Å². The quantitative estimate of drug-likeness (QED) is 0.586. The summed E-state index contributed by atoms with van der Waals surface area (Å²) in [4.78, 5) is 16.3. The van der Waals surface area contributed by atoms with Gasteiger partial charge < -0.3 is 16.0 Å². The van der Waals surface area contributed by atoms with Crippen LogP contribution in [0.25, 0.3) is 0 Å². The molecule has 1 aromatic heterocycles. The number of nitrogens with one attached hydrogen (secondary N) is 1. The van der Waals surface area contributed by atoms with Crippen LogP contribution in [0, 0.1) is 10.1 Å². The number of anilines is 2. The van der Waals surface area contributed by atoms with Crippen LogP contribution in [0.3, 0.4) is 0 Å². The highest BCUT2D eigenvalue weighted by Crippen LogP contribution is 2.18. The van der Waals surface area contributed by atoms with Gasteiger partial charge in [-0.05, 0) is 20.9 Å². The first-order valence-electron chi connectivity index (χ1n) is 5.76. The topological polar surface area (TPSA) is 97.3 Å². The van der Waals surface area contributed by atoms with Crippen molar-refractivity contribution in [3.8, 4) is 0 Å². The van der Waals surface area contributed by atoms with E-state index in [1.807, 2.05) is 7.05 Å². The number of nitrogen functional groups attached to an aromatic ring is 1. The molecule has 0 saturated carbocycles. The molecule has 0 spiro atoms. The van der Waals surface area contributed by atoms with E-state index in [9.17, 15) is 10.1 Å². The standard InChI is InChI=1S/C11H19N5O2/c1-8(2)15(3)5-4-13-11-7-9(16(17)18)6-10(12)14-11/h6-8H,4-5H2,1-3H3,(H3,12,13,14). The van der Waals surface area contributed by atoms with E-state index in [0.717, 1.165) is 6.54 Å². The monoisotopic (exact) mass is 253 g/mol. The molecule has 0 fully saturated rings. The number of nitrogens with two attached hydrogens (primary N) is 1. The maximum Gasteiger partial charge on any atom is 0.276 e. The van der Waals surface area contributed by atoms with Crippen LogP contribution in [0.4, 0.5) is 17.3 Å². The van der Waals surface area contributed by atoms with Crippen LogP contribution < -0.4 is 11.1 Å². The number of rotatable bonds is 6. The zero-order chi connectivity index (χ0) is 13.7. The van der Waals surface area contributed by atoms with Crippen LogP contribution in [0.5, 0.6) is 0 Å². The zero-order valence-electron chi connectivity index (χ0n) is 10.9. The van der Waals surface area contributed by atoms with E-state index >= 15 is 0 Å². The molecule has 0 amide bonds. The molecule has 3 N–H and O–H groups in total. The largest absolute Gasteiger partial charge is 0.383 e. The highest BCUT2D eigenvalue weighted by Gasteiger charge is 2.09. The van der Waals surface area contributed by atoms with E-state index in [1.165, 1.54) is 12.1 Å². The van der Waals surface area contributed by atoms with Crippen LogP contribution >= 0.6 is 0 Å². The van der Waals surface area contributed by atoms with E-state index in [1.54, 1.807) is 0 Å². The van der Waals surface area contributed by atoms with Crippen molar-refractivity contribution in [2.45, 2.75) is 19.9 Å². The second-order valence-corrected chi connectivity index (χ2v) is 4.39. The summed E-state index contributed by atoms with van der Waals surface area (Å²) in [6, 6.07) is 3.08. The molecule has 0 unspecified atom stereocenters. The first-order chi connectivity index (χ1) is 8.40. The summed E-state index contributed by atoms with van der Waals surface area (Å²) in [7, 11) is 2.02. The van der Waals surface area contributed by atoms with Crippen molar-refractivity contribution in [2.75, 3.05) is 31.2 Å². The number of nitro groups is 1. The zero-order valence-corrected chi connectivity index (χ0v) is 10.9. The van der Waals surface area contributed by atoms with Crippen molar-refractivity contribution in [3.05, 3.63) is 22.2 Å². The molecule has 7 nitrogen and oxygen atoms in total. The van der Waals surface area contributed by atoms with Gasteiger partial charge in [-0.15, -0.1) is 0 Å². The maximum atomic E-state index is 10.7. The number of aromatic nitrogens is 1. The van der Waals surface area contributed by atoms with Gasteiger partial charge in [0, 0.05) is 19.1 Å². The molecule has 0 aromatic carbocycles. The van der Waals surface area contributed by atoms with Crippen LogP contribution in [0.1, 0.15) is 13.8 Å². The van der Waals surface area contributed by atoms with E-state index in [0.29, 0.717) is 18.4 Å². The molecular formula is C11H19N5O2. The van der Waals surface area contributed by atoms with Crippen molar-refractivity contribution in [2.24, 2.45) is 0 Å². The van der Waals surface area contributed by atoms with Gasteiger partial charge in [-0.3, -0.25) is 10.1 Å². The van der Waals surface area contributed by atoms with E-state index in [4.69, 9.17) is 5.73 Å². The fourth-order valence-electron chi connectivity index (χ4n) is 1.35. The summed E-state index contributed by atoms with van der Waals surface area (Å²) in [5.41, 5.74) is 5.46. The molecule has 0 bridgehead atoms. The smallest absolute Gasteiger partial charge is 0.276 e. The predicted octanol–water partition coefficient (Wildman–Crippen LogP) is 1.32.